The topological polar surface area (TPSA) is 52.6 Å². The fraction of sp³-hybridized carbons (Fsp3) is 0.444. The Morgan fingerprint density at radius 2 is 2.50 bits per heavy atom. The first-order valence-corrected chi connectivity index (χ1v) is 5.38. The minimum absolute atomic E-state index is 0.0721. The van der Waals surface area contributed by atoms with Crippen LogP contribution in [0.3, 0.4) is 0 Å². The van der Waals surface area contributed by atoms with Gasteiger partial charge in [-0.3, -0.25) is 5.32 Å². The molecule has 0 aliphatic carbocycles. The summed E-state index contributed by atoms with van der Waals surface area (Å²) in [5.74, 6) is 0.268. The van der Waals surface area contributed by atoms with Crippen LogP contribution in [0.1, 0.15) is 0 Å². The Bertz CT molecular complexity index is 307. The second kappa shape index (κ2) is 3.98. The number of rotatable bonds is 2. The number of carbonyl (C=O) groups excluding carboxylic acids is 1. The Balaban J connectivity index is 1.80. The van der Waals surface area contributed by atoms with Crippen LogP contribution in [0.2, 0.25) is 0 Å². The number of hydrogen-bond acceptors (Lipinski definition) is 3. The lowest BCUT2D eigenvalue weighted by atomic mass is 10.0. The number of aliphatic hydroxyl groups excluding tert-OH is 1. The molecule has 1 fully saturated rings. The maximum atomic E-state index is 11.5. The number of thiophene rings is 1. The van der Waals surface area contributed by atoms with Crippen molar-refractivity contribution in [1.29, 1.82) is 0 Å². The van der Waals surface area contributed by atoms with Crippen molar-refractivity contribution in [2.24, 2.45) is 5.92 Å². The lowest BCUT2D eigenvalue weighted by Gasteiger charge is -2.37. The van der Waals surface area contributed by atoms with E-state index in [-0.39, 0.29) is 18.6 Å². The third kappa shape index (κ3) is 1.88. The molecule has 0 atom stereocenters. The SMILES string of the molecule is O=C(Nc1cccs1)N1CC(CO)C1. The second-order valence-electron chi connectivity index (χ2n) is 3.36. The fourth-order valence-electron chi connectivity index (χ4n) is 1.39. The van der Waals surface area contributed by atoms with Crippen LogP contribution in [-0.2, 0) is 0 Å². The lowest BCUT2D eigenvalue weighted by Crippen LogP contribution is -2.52. The van der Waals surface area contributed by atoms with Gasteiger partial charge in [-0.05, 0) is 17.5 Å². The van der Waals surface area contributed by atoms with Crippen molar-refractivity contribution in [1.82, 2.24) is 4.90 Å². The van der Waals surface area contributed by atoms with Gasteiger partial charge in [0.05, 0.1) is 5.00 Å². The summed E-state index contributed by atoms with van der Waals surface area (Å²) in [5.41, 5.74) is 0. The third-order valence-electron chi connectivity index (χ3n) is 2.25. The van der Waals surface area contributed by atoms with E-state index in [2.05, 4.69) is 5.32 Å². The fourth-order valence-corrected chi connectivity index (χ4v) is 1.99. The molecule has 1 aromatic heterocycles. The van der Waals surface area contributed by atoms with E-state index in [1.807, 2.05) is 17.5 Å². The molecule has 0 unspecified atom stereocenters. The molecular formula is C9H12N2O2S. The first-order chi connectivity index (χ1) is 6.79. The van der Waals surface area contributed by atoms with E-state index in [9.17, 15) is 4.79 Å². The number of amides is 2. The number of nitrogens with one attached hydrogen (secondary N) is 1. The molecule has 1 saturated heterocycles. The smallest absolute Gasteiger partial charge is 0.322 e. The number of likely N-dealkylation sites (tertiary alicyclic amines) is 1. The van der Waals surface area contributed by atoms with Crippen LogP contribution in [0.15, 0.2) is 17.5 Å². The molecule has 1 aromatic rings. The minimum atomic E-state index is -0.0721. The summed E-state index contributed by atoms with van der Waals surface area (Å²) in [7, 11) is 0. The lowest BCUT2D eigenvalue weighted by molar-refractivity contribution is 0.0838. The van der Waals surface area contributed by atoms with E-state index < -0.39 is 0 Å². The molecule has 0 spiro atoms. The van der Waals surface area contributed by atoms with Crippen molar-refractivity contribution < 1.29 is 9.90 Å². The van der Waals surface area contributed by atoms with Crippen LogP contribution >= 0.6 is 11.3 Å². The second-order valence-corrected chi connectivity index (χ2v) is 4.31. The van der Waals surface area contributed by atoms with E-state index in [1.165, 1.54) is 11.3 Å². The van der Waals surface area contributed by atoms with Gasteiger partial charge in [0.1, 0.15) is 0 Å². The maximum Gasteiger partial charge on any atom is 0.322 e. The number of carbonyl (C=O) groups is 1. The van der Waals surface area contributed by atoms with Gasteiger partial charge in [-0.25, -0.2) is 4.79 Å². The molecule has 0 saturated carbocycles. The van der Waals surface area contributed by atoms with E-state index in [0.717, 1.165) is 5.00 Å². The van der Waals surface area contributed by atoms with Gasteiger partial charge in [-0.2, -0.15) is 0 Å². The van der Waals surface area contributed by atoms with Crippen LogP contribution in [0.5, 0.6) is 0 Å². The molecule has 4 nitrogen and oxygen atoms in total. The van der Waals surface area contributed by atoms with Gasteiger partial charge in [0.2, 0.25) is 0 Å². The summed E-state index contributed by atoms with van der Waals surface area (Å²) in [6.07, 6.45) is 0. The number of nitrogens with zero attached hydrogens (tertiary/aromatic N) is 1. The van der Waals surface area contributed by atoms with Crippen LogP contribution in [0.25, 0.3) is 0 Å². The molecule has 0 bridgehead atoms. The molecule has 1 aliphatic rings. The number of hydrogen-bond donors (Lipinski definition) is 2. The molecule has 76 valence electrons. The highest BCUT2D eigenvalue weighted by Gasteiger charge is 2.29. The maximum absolute atomic E-state index is 11.5. The number of anilines is 1. The van der Waals surface area contributed by atoms with Gasteiger partial charge in [0.25, 0.3) is 0 Å². The number of urea groups is 1. The largest absolute Gasteiger partial charge is 0.396 e. The van der Waals surface area contributed by atoms with Gasteiger partial charge in [-0.1, -0.05) is 0 Å². The van der Waals surface area contributed by atoms with Gasteiger partial charge in [-0.15, -0.1) is 11.3 Å². The zero-order valence-corrected chi connectivity index (χ0v) is 8.46. The summed E-state index contributed by atoms with van der Waals surface area (Å²) in [4.78, 5) is 13.2. The average Bonchev–Trinajstić information content (AvgIpc) is 2.54. The molecule has 2 amide bonds. The first kappa shape index (κ1) is 9.48. The highest BCUT2D eigenvalue weighted by atomic mass is 32.1. The van der Waals surface area contributed by atoms with E-state index in [4.69, 9.17) is 5.11 Å². The van der Waals surface area contributed by atoms with Crippen molar-refractivity contribution in [3.05, 3.63) is 17.5 Å². The highest BCUT2D eigenvalue weighted by Crippen LogP contribution is 2.19. The van der Waals surface area contributed by atoms with Gasteiger partial charge < -0.3 is 10.0 Å². The van der Waals surface area contributed by atoms with Crippen molar-refractivity contribution in [3.63, 3.8) is 0 Å². The van der Waals surface area contributed by atoms with E-state index in [1.54, 1.807) is 4.90 Å². The zero-order chi connectivity index (χ0) is 9.97. The Morgan fingerprint density at radius 3 is 3.07 bits per heavy atom. The molecule has 2 heterocycles. The van der Waals surface area contributed by atoms with Gasteiger partial charge in [0.15, 0.2) is 0 Å². The van der Waals surface area contributed by atoms with Crippen molar-refractivity contribution in [2.75, 3.05) is 25.0 Å². The molecule has 0 aromatic carbocycles. The standard InChI is InChI=1S/C9H12N2O2S/c12-6-7-4-11(5-7)9(13)10-8-2-1-3-14-8/h1-3,7,12H,4-6H2,(H,10,13). The molecule has 0 radical (unpaired) electrons. The van der Waals surface area contributed by atoms with Crippen LogP contribution in [-0.4, -0.2) is 35.7 Å². The molecule has 5 heteroatoms. The van der Waals surface area contributed by atoms with Crippen LogP contribution in [0.4, 0.5) is 9.80 Å². The number of aliphatic hydroxyl groups is 1. The highest BCUT2D eigenvalue weighted by molar-refractivity contribution is 7.14. The molecule has 14 heavy (non-hydrogen) atoms. The van der Waals surface area contributed by atoms with E-state index in [0.29, 0.717) is 13.1 Å². The predicted molar refractivity (Wildman–Crippen MR) is 55.5 cm³/mol. The summed E-state index contributed by atoms with van der Waals surface area (Å²) in [6.45, 7) is 1.49. The zero-order valence-electron chi connectivity index (χ0n) is 7.64. The third-order valence-corrected chi connectivity index (χ3v) is 3.04. The molecule has 1 aliphatic heterocycles. The molecule has 2 rings (SSSR count). The Kier molecular flexibility index (Phi) is 2.69. The summed E-state index contributed by atoms with van der Waals surface area (Å²) in [6, 6.07) is 3.69. The Hall–Kier alpha value is -1.07. The minimum Gasteiger partial charge on any atom is -0.396 e. The van der Waals surface area contributed by atoms with Crippen LogP contribution < -0.4 is 5.32 Å². The van der Waals surface area contributed by atoms with Crippen molar-refractivity contribution in [3.8, 4) is 0 Å². The van der Waals surface area contributed by atoms with Crippen molar-refractivity contribution >= 4 is 22.4 Å². The summed E-state index contributed by atoms with van der Waals surface area (Å²) >= 11 is 1.50. The summed E-state index contributed by atoms with van der Waals surface area (Å²) in [5, 5.41) is 14.4. The van der Waals surface area contributed by atoms with Gasteiger partial charge in [0, 0.05) is 25.6 Å². The Morgan fingerprint density at radius 1 is 1.71 bits per heavy atom. The molecular weight excluding hydrogens is 200 g/mol. The molecule has 2 N–H and O–H groups in total. The van der Waals surface area contributed by atoms with Crippen LogP contribution in [0, 0.1) is 5.92 Å². The van der Waals surface area contributed by atoms with Gasteiger partial charge >= 0.3 is 6.03 Å². The predicted octanol–water partition coefficient (Wildman–Crippen LogP) is 1.20. The van der Waals surface area contributed by atoms with Crippen molar-refractivity contribution in [2.45, 2.75) is 0 Å². The average molecular weight is 212 g/mol. The Labute approximate surface area is 86.2 Å². The first-order valence-electron chi connectivity index (χ1n) is 4.50. The quantitative estimate of drug-likeness (QED) is 0.774. The monoisotopic (exact) mass is 212 g/mol. The van der Waals surface area contributed by atoms with E-state index >= 15 is 0 Å². The summed E-state index contributed by atoms with van der Waals surface area (Å²) < 4.78 is 0. The normalized spacial score (nSPS) is 16.5.